The molecule has 1 aliphatic carbocycles. The Kier molecular flexibility index (Phi) is 4.23. The van der Waals surface area contributed by atoms with E-state index in [4.69, 9.17) is 5.73 Å². The van der Waals surface area contributed by atoms with Crippen LogP contribution in [0.2, 0.25) is 0 Å². The van der Waals surface area contributed by atoms with Gasteiger partial charge in [-0.2, -0.15) is 0 Å². The van der Waals surface area contributed by atoms with Crippen LogP contribution < -0.4 is 5.73 Å². The number of carbonyl (C=O) groups excluding carboxylic acids is 1. The number of nitrogen functional groups attached to an aromatic ring is 1. The summed E-state index contributed by atoms with van der Waals surface area (Å²) in [6, 6.07) is 14.6. The Morgan fingerprint density at radius 2 is 1.92 bits per heavy atom. The molecule has 26 heavy (non-hydrogen) atoms. The van der Waals surface area contributed by atoms with Crippen LogP contribution in [0.25, 0.3) is 0 Å². The lowest BCUT2D eigenvalue weighted by Crippen LogP contribution is -2.24. The first-order chi connectivity index (χ1) is 12.5. The average Bonchev–Trinajstić information content (AvgIpc) is 3.34. The van der Waals surface area contributed by atoms with Gasteiger partial charge in [-0.3, -0.25) is 4.79 Å². The van der Waals surface area contributed by atoms with E-state index in [1.807, 2.05) is 23.1 Å². The summed E-state index contributed by atoms with van der Waals surface area (Å²) in [5.41, 5.74) is 11.3. The summed E-state index contributed by atoms with van der Waals surface area (Å²) in [4.78, 5) is 16.9. The molecule has 136 valence electrons. The lowest BCUT2D eigenvalue weighted by molar-refractivity contribution is 0.0767. The number of rotatable bonds is 6. The Balaban J connectivity index is 1.51. The molecule has 4 nitrogen and oxygen atoms in total. The second kappa shape index (κ2) is 6.44. The molecule has 1 saturated carbocycles. The van der Waals surface area contributed by atoms with Crippen molar-refractivity contribution >= 4 is 11.6 Å². The molecule has 0 atom stereocenters. The highest BCUT2D eigenvalue weighted by molar-refractivity contribution is 6.02. The summed E-state index contributed by atoms with van der Waals surface area (Å²) in [7, 11) is 4.27. The maximum atomic E-state index is 12.7. The van der Waals surface area contributed by atoms with Gasteiger partial charge in [-0.25, -0.2) is 0 Å². The van der Waals surface area contributed by atoms with Crippen molar-refractivity contribution in [1.82, 2.24) is 9.80 Å². The lowest BCUT2D eigenvalue weighted by Gasteiger charge is -2.21. The lowest BCUT2D eigenvalue weighted by atomic mass is 9.91. The topological polar surface area (TPSA) is 49.6 Å². The molecule has 1 amide bonds. The zero-order chi connectivity index (χ0) is 18.3. The van der Waals surface area contributed by atoms with Gasteiger partial charge < -0.3 is 15.5 Å². The third-order valence-electron chi connectivity index (χ3n) is 5.85. The van der Waals surface area contributed by atoms with Gasteiger partial charge in [-0.1, -0.05) is 36.4 Å². The van der Waals surface area contributed by atoms with Crippen LogP contribution >= 0.6 is 0 Å². The number of benzene rings is 2. The predicted octanol–water partition coefficient (Wildman–Crippen LogP) is 3.41. The normalized spacial score (nSPS) is 17.7. The average molecular weight is 349 g/mol. The monoisotopic (exact) mass is 349 g/mol. The molecule has 4 heteroatoms. The van der Waals surface area contributed by atoms with Crippen molar-refractivity contribution in [2.45, 2.75) is 37.8 Å². The zero-order valence-corrected chi connectivity index (χ0v) is 15.7. The predicted molar refractivity (Wildman–Crippen MR) is 105 cm³/mol. The molecule has 2 N–H and O–H groups in total. The van der Waals surface area contributed by atoms with E-state index in [0.717, 1.165) is 12.1 Å². The van der Waals surface area contributed by atoms with Gasteiger partial charge in [0.2, 0.25) is 0 Å². The fourth-order valence-corrected chi connectivity index (χ4v) is 4.07. The van der Waals surface area contributed by atoms with Gasteiger partial charge >= 0.3 is 0 Å². The second-order valence-corrected chi connectivity index (χ2v) is 8.08. The van der Waals surface area contributed by atoms with Crippen LogP contribution in [-0.2, 0) is 18.5 Å². The van der Waals surface area contributed by atoms with Crippen LogP contribution in [0.5, 0.6) is 0 Å². The quantitative estimate of drug-likeness (QED) is 0.813. The third kappa shape index (κ3) is 3.10. The molecule has 0 unspecified atom stereocenters. The number of anilines is 1. The number of nitrogens with zero attached hydrogens (tertiary/aromatic N) is 2. The minimum absolute atomic E-state index is 0.0530. The maximum absolute atomic E-state index is 12.7. The van der Waals surface area contributed by atoms with Crippen molar-refractivity contribution in [2.75, 3.05) is 26.4 Å². The number of hydrogen-bond acceptors (Lipinski definition) is 3. The van der Waals surface area contributed by atoms with Gasteiger partial charge in [-0.15, -0.1) is 0 Å². The van der Waals surface area contributed by atoms with Gasteiger partial charge in [-0.05, 0) is 68.1 Å². The molecule has 0 radical (unpaired) electrons. The van der Waals surface area contributed by atoms with Crippen LogP contribution in [0.1, 0.15) is 46.3 Å². The minimum Gasteiger partial charge on any atom is -0.398 e. The van der Waals surface area contributed by atoms with E-state index in [2.05, 4.69) is 43.3 Å². The van der Waals surface area contributed by atoms with Crippen molar-refractivity contribution in [1.29, 1.82) is 0 Å². The van der Waals surface area contributed by atoms with Gasteiger partial charge in [0.15, 0.2) is 0 Å². The number of fused-ring (bicyclic) bond motifs is 1. The number of amides is 1. The summed E-state index contributed by atoms with van der Waals surface area (Å²) < 4.78 is 0. The van der Waals surface area contributed by atoms with Crippen LogP contribution in [0, 0.1) is 0 Å². The van der Waals surface area contributed by atoms with Crippen molar-refractivity contribution < 1.29 is 4.79 Å². The van der Waals surface area contributed by atoms with E-state index < -0.39 is 0 Å². The van der Waals surface area contributed by atoms with Crippen LogP contribution in [0.3, 0.4) is 0 Å². The fourth-order valence-electron chi connectivity index (χ4n) is 4.07. The SMILES string of the molecule is CN(C)CCC1(c2cccc(CN3Cc4cccc(N)c4C3=O)c2)CC1. The van der Waals surface area contributed by atoms with Gasteiger partial charge in [0, 0.05) is 18.8 Å². The largest absolute Gasteiger partial charge is 0.398 e. The van der Waals surface area contributed by atoms with Gasteiger partial charge in [0.1, 0.15) is 0 Å². The number of hydrogen-bond donors (Lipinski definition) is 1. The standard InChI is InChI=1S/C22H27N3O/c1-24(2)12-11-22(9-10-22)18-7-3-5-16(13-18)14-25-15-17-6-4-8-19(23)20(17)21(25)26/h3-8,13H,9-12,14-15,23H2,1-2H3. The number of carbonyl (C=O) groups is 1. The van der Waals surface area contributed by atoms with Gasteiger partial charge in [0.25, 0.3) is 5.91 Å². The summed E-state index contributed by atoms with van der Waals surface area (Å²) >= 11 is 0. The summed E-state index contributed by atoms with van der Waals surface area (Å²) in [6.45, 7) is 2.41. The minimum atomic E-state index is 0.0530. The molecule has 4 rings (SSSR count). The molecule has 1 fully saturated rings. The Labute approximate surface area is 155 Å². The van der Waals surface area contributed by atoms with E-state index >= 15 is 0 Å². The van der Waals surface area contributed by atoms with E-state index in [9.17, 15) is 4.79 Å². The molecule has 2 aromatic carbocycles. The van der Waals surface area contributed by atoms with Crippen molar-refractivity contribution in [2.24, 2.45) is 0 Å². The smallest absolute Gasteiger partial charge is 0.256 e. The second-order valence-electron chi connectivity index (χ2n) is 8.08. The molecule has 1 aliphatic heterocycles. The molecule has 0 bridgehead atoms. The van der Waals surface area contributed by atoms with E-state index in [0.29, 0.717) is 29.8 Å². The molecule has 2 aliphatic rings. The van der Waals surface area contributed by atoms with E-state index in [1.54, 1.807) is 0 Å². The van der Waals surface area contributed by atoms with Gasteiger partial charge in [0.05, 0.1) is 5.56 Å². The highest BCUT2D eigenvalue weighted by Crippen LogP contribution is 2.51. The van der Waals surface area contributed by atoms with E-state index in [1.165, 1.54) is 30.4 Å². The first-order valence-corrected chi connectivity index (χ1v) is 9.39. The van der Waals surface area contributed by atoms with Crippen LogP contribution in [0.15, 0.2) is 42.5 Å². The highest BCUT2D eigenvalue weighted by atomic mass is 16.2. The first kappa shape index (κ1) is 17.1. The highest BCUT2D eigenvalue weighted by Gasteiger charge is 2.43. The fraction of sp³-hybridized carbons (Fsp3) is 0.409. The van der Waals surface area contributed by atoms with Crippen LogP contribution in [-0.4, -0.2) is 36.3 Å². The molecule has 0 spiro atoms. The Morgan fingerprint density at radius 1 is 1.15 bits per heavy atom. The summed E-state index contributed by atoms with van der Waals surface area (Å²) in [5.74, 6) is 0.0530. The molecular formula is C22H27N3O. The molecular weight excluding hydrogens is 322 g/mol. The molecule has 0 aromatic heterocycles. The van der Waals surface area contributed by atoms with Crippen molar-refractivity contribution in [3.63, 3.8) is 0 Å². The van der Waals surface area contributed by atoms with Crippen molar-refractivity contribution in [3.8, 4) is 0 Å². The molecule has 0 saturated heterocycles. The van der Waals surface area contributed by atoms with Crippen LogP contribution in [0.4, 0.5) is 5.69 Å². The summed E-state index contributed by atoms with van der Waals surface area (Å²) in [6.07, 6.45) is 3.75. The van der Waals surface area contributed by atoms with E-state index in [-0.39, 0.29) is 5.91 Å². The first-order valence-electron chi connectivity index (χ1n) is 9.39. The Bertz CT molecular complexity index is 839. The van der Waals surface area contributed by atoms with Crippen molar-refractivity contribution in [3.05, 3.63) is 64.7 Å². The molecule has 2 aromatic rings. The Hall–Kier alpha value is -2.33. The zero-order valence-electron chi connectivity index (χ0n) is 15.7. The third-order valence-corrected chi connectivity index (χ3v) is 5.85. The maximum Gasteiger partial charge on any atom is 0.256 e. The molecule has 1 heterocycles. The number of nitrogens with two attached hydrogens (primary N) is 1. The summed E-state index contributed by atoms with van der Waals surface area (Å²) in [5, 5.41) is 0. The Morgan fingerprint density at radius 3 is 2.62 bits per heavy atom.